The van der Waals surface area contributed by atoms with Gasteiger partial charge in [0.2, 0.25) is 5.91 Å². The van der Waals surface area contributed by atoms with E-state index in [-0.39, 0.29) is 5.91 Å². The summed E-state index contributed by atoms with van der Waals surface area (Å²) in [5.74, 6) is 0.589. The molecular formula is C11H17N3OS. The lowest BCUT2D eigenvalue weighted by Gasteiger charge is -2.07. The Balaban J connectivity index is 2.19. The van der Waals surface area contributed by atoms with Gasteiger partial charge in [0.05, 0.1) is 5.88 Å². The first-order valence-electron chi connectivity index (χ1n) is 5.18. The van der Waals surface area contributed by atoms with Gasteiger partial charge in [-0.15, -0.1) is 0 Å². The zero-order valence-corrected chi connectivity index (χ0v) is 10.4. The van der Waals surface area contributed by atoms with Crippen molar-refractivity contribution in [2.75, 3.05) is 11.2 Å². The predicted molar refractivity (Wildman–Crippen MR) is 68.9 cm³/mol. The van der Waals surface area contributed by atoms with Crippen LogP contribution >= 0.6 is 11.9 Å². The Bertz CT molecular complexity index is 327. The van der Waals surface area contributed by atoms with E-state index in [9.17, 15) is 4.79 Å². The van der Waals surface area contributed by atoms with Crippen LogP contribution in [0.5, 0.6) is 0 Å². The van der Waals surface area contributed by atoms with E-state index in [0.717, 1.165) is 12.1 Å². The highest BCUT2D eigenvalue weighted by Crippen LogP contribution is 2.10. The Morgan fingerprint density at radius 1 is 1.31 bits per heavy atom. The van der Waals surface area contributed by atoms with E-state index in [1.165, 1.54) is 24.4 Å². The molecule has 0 aliphatic heterocycles. The predicted octanol–water partition coefficient (Wildman–Crippen LogP) is 1.91. The van der Waals surface area contributed by atoms with Crippen LogP contribution in [0.2, 0.25) is 0 Å². The number of carbonyl (C=O) groups is 1. The number of nitrogens with one attached hydrogen (secondary N) is 3. The molecule has 3 N–H and O–H groups in total. The van der Waals surface area contributed by atoms with Crippen LogP contribution in [-0.2, 0) is 11.2 Å². The number of carbonyl (C=O) groups excluding carboxylic acids is 1. The van der Waals surface area contributed by atoms with E-state index < -0.39 is 0 Å². The highest BCUT2D eigenvalue weighted by Gasteiger charge is 1.93. The van der Waals surface area contributed by atoms with E-state index >= 15 is 0 Å². The van der Waals surface area contributed by atoms with Gasteiger partial charge in [0.1, 0.15) is 0 Å². The first kappa shape index (κ1) is 12.9. The van der Waals surface area contributed by atoms with E-state index in [2.05, 4.69) is 46.8 Å². The molecule has 0 saturated heterocycles. The van der Waals surface area contributed by atoms with Gasteiger partial charge in [-0.3, -0.25) is 10.2 Å². The Morgan fingerprint density at radius 2 is 2.00 bits per heavy atom. The Hall–Kier alpha value is -1.20. The van der Waals surface area contributed by atoms with Gasteiger partial charge in [-0.1, -0.05) is 19.1 Å². The second-order valence-corrected chi connectivity index (χ2v) is 4.08. The van der Waals surface area contributed by atoms with Crippen LogP contribution in [0.15, 0.2) is 24.3 Å². The van der Waals surface area contributed by atoms with Crippen molar-refractivity contribution in [3.05, 3.63) is 29.8 Å². The standard InChI is InChI=1S/C11H17N3OS/c1-3-10-4-6-11(7-5-10)12-8-16-14-13-9(2)15/h4-7,12,14H,3,8H2,1-2H3,(H,13,15). The zero-order chi connectivity index (χ0) is 11.8. The van der Waals surface area contributed by atoms with Crippen LogP contribution in [0.25, 0.3) is 0 Å². The number of rotatable bonds is 6. The molecule has 0 unspecified atom stereocenters. The average molecular weight is 239 g/mol. The molecule has 0 heterocycles. The summed E-state index contributed by atoms with van der Waals surface area (Å²) in [4.78, 5) is 13.3. The second-order valence-electron chi connectivity index (χ2n) is 3.30. The fourth-order valence-corrected chi connectivity index (χ4v) is 1.65. The van der Waals surface area contributed by atoms with Crippen LogP contribution in [0.4, 0.5) is 5.69 Å². The molecule has 88 valence electrons. The first-order valence-corrected chi connectivity index (χ1v) is 6.17. The van der Waals surface area contributed by atoms with E-state index in [1.807, 2.05) is 0 Å². The summed E-state index contributed by atoms with van der Waals surface area (Å²) in [5, 5.41) is 3.22. The van der Waals surface area contributed by atoms with Crippen LogP contribution < -0.4 is 15.6 Å². The van der Waals surface area contributed by atoms with Gasteiger partial charge in [-0.25, -0.2) is 0 Å². The second kappa shape index (κ2) is 7.14. The summed E-state index contributed by atoms with van der Waals surface area (Å²) in [7, 11) is 0. The smallest absolute Gasteiger partial charge is 0.231 e. The van der Waals surface area contributed by atoms with Gasteiger partial charge in [0, 0.05) is 12.6 Å². The minimum absolute atomic E-state index is 0.0974. The summed E-state index contributed by atoms with van der Waals surface area (Å²) < 4.78 is 0. The van der Waals surface area contributed by atoms with Crippen molar-refractivity contribution in [2.24, 2.45) is 0 Å². The summed E-state index contributed by atoms with van der Waals surface area (Å²) in [6.07, 6.45) is 1.05. The van der Waals surface area contributed by atoms with Crippen LogP contribution in [-0.4, -0.2) is 11.8 Å². The molecule has 5 heteroatoms. The number of amides is 1. The molecule has 0 aliphatic rings. The Labute approximate surface area is 100 Å². The van der Waals surface area contributed by atoms with Gasteiger partial charge in [0.25, 0.3) is 0 Å². The molecule has 16 heavy (non-hydrogen) atoms. The van der Waals surface area contributed by atoms with Crippen LogP contribution in [0.3, 0.4) is 0 Å². The molecule has 0 aromatic heterocycles. The summed E-state index contributed by atoms with van der Waals surface area (Å²) in [6, 6.07) is 8.32. The lowest BCUT2D eigenvalue weighted by molar-refractivity contribution is -0.119. The quantitative estimate of drug-likeness (QED) is 0.307. The Morgan fingerprint density at radius 3 is 2.56 bits per heavy atom. The van der Waals surface area contributed by atoms with E-state index in [1.54, 1.807) is 0 Å². The maximum Gasteiger partial charge on any atom is 0.231 e. The van der Waals surface area contributed by atoms with Crippen molar-refractivity contribution in [3.63, 3.8) is 0 Å². The summed E-state index contributed by atoms with van der Waals surface area (Å²) >= 11 is 1.39. The van der Waals surface area contributed by atoms with Gasteiger partial charge in [-0.2, -0.15) is 4.83 Å². The van der Waals surface area contributed by atoms with E-state index in [4.69, 9.17) is 0 Å². The molecule has 0 spiro atoms. The molecule has 4 nitrogen and oxygen atoms in total. The molecule has 0 atom stereocenters. The van der Waals surface area contributed by atoms with Crippen LogP contribution in [0, 0.1) is 0 Å². The molecule has 0 saturated carbocycles. The average Bonchev–Trinajstić information content (AvgIpc) is 2.29. The highest BCUT2D eigenvalue weighted by atomic mass is 32.2. The molecule has 0 radical (unpaired) electrons. The molecule has 1 amide bonds. The minimum atomic E-state index is -0.0974. The number of hydrogen-bond acceptors (Lipinski definition) is 4. The van der Waals surface area contributed by atoms with Crippen molar-refractivity contribution in [1.29, 1.82) is 0 Å². The maximum atomic E-state index is 10.5. The molecule has 0 aliphatic carbocycles. The van der Waals surface area contributed by atoms with E-state index in [0.29, 0.717) is 5.88 Å². The normalized spacial score (nSPS) is 9.88. The minimum Gasteiger partial charge on any atom is -0.375 e. The fraction of sp³-hybridized carbons (Fsp3) is 0.364. The number of hydrazine groups is 1. The van der Waals surface area contributed by atoms with Crippen LogP contribution in [0.1, 0.15) is 19.4 Å². The van der Waals surface area contributed by atoms with Gasteiger partial charge >= 0.3 is 0 Å². The third kappa shape index (κ3) is 5.04. The first-order chi connectivity index (χ1) is 7.72. The third-order valence-corrected chi connectivity index (χ3v) is 2.54. The zero-order valence-electron chi connectivity index (χ0n) is 9.54. The maximum absolute atomic E-state index is 10.5. The SMILES string of the molecule is CCc1ccc(NCSNNC(C)=O)cc1. The molecule has 1 rings (SSSR count). The lowest BCUT2D eigenvalue weighted by atomic mass is 10.1. The number of benzene rings is 1. The molecular weight excluding hydrogens is 222 g/mol. The van der Waals surface area contributed by atoms with Gasteiger partial charge < -0.3 is 5.32 Å². The molecule has 1 aromatic carbocycles. The van der Waals surface area contributed by atoms with Crippen molar-refractivity contribution >= 4 is 23.5 Å². The van der Waals surface area contributed by atoms with Gasteiger partial charge in [0.15, 0.2) is 0 Å². The largest absolute Gasteiger partial charge is 0.375 e. The fourth-order valence-electron chi connectivity index (χ4n) is 1.12. The van der Waals surface area contributed by atoms with Gasteiger partial charge in [-0.05, 0) is 36.1 Å². The van der Waals surface area contributed by atoms with Crippen molar-refractivity contribution < 1.29 is 4.79 Å². The number of hydrogen-bond donors (Lipinski definition) is 3. The lowest BCUT2D eigenvalue weighted by Crippen LogP contribution is -2.30. The molecule has 0 bridgehead atoms. The monoisotopic (exact) mass is 239 g/mol. The molecule has 1 aromatic rings. The van der Waals surface area contributed by atoms with Crippen molar-refractivity contribution in [3.8, 4) is 0 Å². The topological polar surface area (TPSA) is 53.2 Å². The highest BCUT2D eigenvalue weighted by molar-refractivity contribution is 7.97. The molecule has 0 fully saturated rings. The third-order valence-electron chi connectivity index (χ3n) is 2.01. The summed E-state index contributed by atoms with van der Waals surface area (Å²) in [5.41, 5.74) is 4.89. The van der Waals surface area contributed by atoms with Crippen molar-refractivity contribution in [2.45, 2.75) is 20.3 Å². The Kier molecular flexibility index (Phi) is 5.74. The number of anilines is 1. The summed E-state index contributed by atoms with van der Waals surface area (Å²) in [6.45, 7) is 3.60. The van der Waals surface area contributed by atoms with Crippen molar-refractivity contribution in [1.82, 2.24) is 10.3 Å². The number of aryl methyl sites for hydroxylation is 1.